The second-order valence-electron chi connectivity index (χ2n) is 8.91. The highest BCUT2D eigenvalue weighted by atomic mass is 16.6. The third-order valence-corrected chi connectivity index (χ3v) is 6.64. The number of esters is 1. The number of furan rings is 1. The summed E-state index contributed by atoms with van der Waals surface area (Å²) in [5.74, 6) is 1.32. The number of ether oxygens (including phenoxy) is 4. The van der Waals surface area contributed by atoms with Gasteiger partial charge in [-0.15, -0.1) is 0 Å². The summed E-state index contributed by atoms with van der Waals surface area (Å²) in [6.45, 7) is 6.54. The first kappa shape index (κ1) is 25.6. The van der Waals surface area contributed by atoms with E-state index in [9.17, 15) is 9.59 Å². The smallest absolute Gasteiger partial charge is 0.336 e. The van der Waals surface area contributed by atoms with Gasteiger partial charge in [0, 0.05) is 30.0 Å². The number of carbonyl (C=O) groups is 2. The molecular formula is C28H33NO7. The van der Waals surface area contributed by atoms with E-state index in [0.29, 0.717) is 65.9 Å². The van der Waals surface area contributed by atoms with Gasteiger partial charge in [0.05, 0.1) is 32.3 Å². The lowest BCUT2D eigenvalue weighted by Gasteiger charge is -2.35. The fraction of sp³-hybridized carbons (Fsp3) is 0.429. The van der Waals surface area contributed by atoms with Gasteiger partial charge in [0.25, 0.3) is 0 Å². The van der Waals surface area contributed by atoms with Crippen LogP contribution in [0.25, 0.3) is 0 Å². The van der Waals surface area contributed by atoms with E-state index in [2.05, 4.69) is 5.32 Å². The zero-order chi connectivity index (χ0) is 25.8. The lowest BCUT2D eigenvalue weighted by Crippen LogP contribution is -2.36. The minimum atomic E-state index is -0.631. The number of benzene rings is 1. The van der Waals surface area contributed by atoms with Gasteiger partial charge >= 0.3 is 5.97 Å². The highest BCUT2D eigenvalue weighted by Gasteiger charge is 2.42. The Morgan fingerprint density at radius 1 is 1.06 bits per heavy atom. The Bertz CT molecular complexity index is 1210. The Labute approximate surface area is 211 Å². The summed E-state index contributed by atoms with van der Waals surface area (Å²) in [7, 11) is 3.19. The third-order valence-electron chi connectivity index (χ3n) is 6.64. The maximum absolute atomic E-state index is 13.7. The van der Waals surface area contributed by atoms with E-state index in [4.69, 9.17) is 23.4 Å². The molecule has 0 fully saturated rings. The van der Waals surface area contributed by atoms with Crippen LogP contribution in [-0.2, 0) is 19.1 Å². The van der Waals surface area contributed by atoms with Crippen molar-refractivity contribution in [1.82, 2.24) is 5.32 Å². The van der Waals surface area contributed by atoms with E-state index in [1.54, 1.807) is 14.2 Å². The Morgan fingerprint density at radius 2 is 1.83 bits per heavy atom. The summed E-state index contributed by atoms with van der Waals surface area (Å²) < 4.78 is 27.6. The third kappa shape index (κ3) is 5.04. The van der Waals surface area contributed by atoms with E-state index in [0.717, 1.165) is 11.3 Å². The monoisotopic (exact) mass is 495 g/mol. The standard InChI is InChI=1S/C28H33NO7/c1-6-34-11-12-35-28(31)25-17(3)29-20-13-19(18-8-10-22(32-4)24(15-18)33-5)14-21(30)26(20)27(25)23-9-7-16(2)36-23/h7-10,15,19,27,29H,6,11-14H2,1-5H3/t19-,27+/m1/s1. The summed E-state index contributed by atoms with van der Waals surface area (Å²) in [6.07, 6.45) is 0.911. The molecule has 0 bridgehead atoms. The number of Topliss-reactive ketones (excluding diaryl/α,β-unsaturated/α-hetero) is 1. The number of allylic oxidation sites excluding steroid dienone is 3. The predicted molar refractivity (Wildman–Crippen MR) is 133 cm³/mol. The molecule has 8 heteroatoms. The molecular weight excluding hydrogens is 462 g/mol. The van der Waals surface area contributed by atoms with Crippen LogP contribution in [0.1, 0.15) is 55.6 Å². The minimum absolute atomic E-state index is 0.0327. The Morgan fingerprint density at radius 3 is 2.50 bits per heavy atom. The molecule has 1 aromatic heterocycles. The van der Waals surface area contributed by atoms with Crippen molar-refractivity contribution in [3.63, 3.8) is 0 Å². The zero-order valence-corrected chi connectivity index (χ0v) is 21.4. The van der Waals surface area contributed by atoms with Gasteiger partial charge in [0.15, 0.2) is 17.3 Å². The van der Waals surface area contributed by atoms with Gasteiger partial charge in [0.1, 0.15) is 18.1 Å². The second-order valence-corrected chi connectivity index (χ2v) is 8.91. The van der Waals surface area contributed by atoms with Crippen LogP contribution < -0.4 is 14.8 Å². The van der Waals surface area contributed by atoms with Crippen LogP contribution in [-0.4, -0.2) is 45.8 Å². The highest BCUT2D eigenvalue weighted by molar-refractivity contribution is 6.04. The number of nitrogens with one attached hydrogen (secondary N) is 1. The molecule has 8 nitrogen and oxygen atoms in total. The van der Waals surface area contributed by atoms with Crippen molar-refractivity contribution in [2.75, 3.05) is 34.0 Å². The first-order valence-corrected chi connectivity index (χ1v) is 12.1. The molecule has 0 saturated carbocycles. The molecule has 4 rings (SSSR count). The maximum Gasteiger partial charge on any atom is 0.336 e. The molecule has 0 unspecified atom stereocenters. The zero-order valence-electron chi connectivity index (χ0n) is 21.4. The summed E-state index contributed by atoms with van der Waals surface area (Å²) in [4.78, 5) is 26.8. The fourth-order valence-corrected chi connectivity index (χ4v) is 4.96. The molecule has 2 atom stereocenters. The van der Waals surface area contributed by atoms with Crippen LogP contribution in [0, 0.1) is 6.92 Å². The normalized spacial score (nSPS) is 19.6. The first-order chi connectivity index (χ1) is 17.4. The molecule has 0 amide bonds. The van der Waals surface area contributed by atoms with Gasteiger partial charge in [-0.1, -0.05) is 6.07 Å². The predicted octanol–water partition coefficient (Wildman–Crippen LogP) is 4.55. The number of rotatable bonds is 9. The van der Waals surface area contributed by atoms with Crippen molar-refractivity contribution >= 4 is 11.8 Å². The molecule has 0 spiro atoms. The van der Waals surface area contributed by atoms with E-state index >= 15 is 0 Å². The average Bonchev–Trinajstić information content (AvgIpc) is 3.30. The molecule has 2 aromatic rings. The molecule has 1 aliphatic carbocycles. The van der Waals surface area contributed by atoms with Gasteiger partial charge in [-0.2, -0.15) is 0 Å². The van der Waals surface area contributed by atoms with E-state index in [1.165, 1.54) is 0 Å². The number of carbonyl (C=O) groups excluding carboxylic acids is 2. The van der Waals surface area contributed by atoms with Crippen molar-refractivity contribution in [3.05, 3.63) is 70.0 Å². The molecule has 192 valence electrons. The van der Waals surface area contributed by atoms with Crippen LogP contribution in [0.4, 0.5) is 0 Å². The Balaban J connectivity index is 1.68. The van der Waals surface area contributed by atoms with Gasteiger partial charge in [-0.25, -0.2) is 4.79 Å². The number of ketones is 1. The van der Waals surface area contributed by atoms with Crippen LogP contribution in [0.5, 0.6) is 11.5 Å². The average molecular weight is 496 g/mol. The second kappa shape index (κ2) is 11.0. The van der Waals surface area contributed by atoms with Crippen molar-refractivity contribution in [1.29, 1.82) is 0 Å². The fourth-order valence-electron chi connectivity index (χ4n) is 4.96. The number of methoxy groups -OCH3 is 2. The van der Waals surface area contributed by atoms with Crippen molar-refractivity contribution in [3.8, 4) is 11.5 Å². The summed E-state index contributed by atoms with van der Waals surface area (Å²) >= 11 is 0. The topological polar surface area (TPSA) is 96.2 Å². The lowest BCUT2D eigenvalue weighted by atomic mass is 9.73. The number of hydrogen-bond acceptors (Lipinski definition) is 8. The van der Waals surface area contributed by atoms with E-state index < -0.39 is 11.9 Å². The SMILES string of the molecule is CCOCCOC(=O)C1=C(C)NC2=C(C(=O)C[C@H](c3ccc(OC)c(OC)c3)C2)[C@H]1c1ccc(C)o1. The van der Waals surface area contributed by atoms with E-state index in [-0.39, 0.29) is 18.3 Å². The minimum Gasteiger partial charge on any atom is -0.493 e. The number of dihydropyridines is 1. The van der Waals surface area contributed by atoms with Gasteiger partial charge in [-0.3, -0.25) is 4.79 Å². The van der Waals surface area contributed by atoms with Crippen LogP contribution >= 0.6 is 0 Å². The molecule has 36 heavy (non-hydrogen) atoms. The molecule has 2 aliphatic rings. The largest absolute Gasteiger partial charge is 0.493 e. The quantitative estimate of drug-likeness (QED) is 0.400. The molecule has 1 N–H and O–H groups in total. The molecule has 0 saturated heterocycles. The molecule has 2 heterocycles. The van der Waals surface area contributed by atoms with Crippen LogP contribution in [0.2, 0.25) is 0 Å². The van der Waals surface area contributed by atoms with Gasteiger partial charge in [0.2, 0.25) is 0 Å². The van der Waals surface area contributed by atoms with Crippen LogP contribution in [0.3, 0.4) is 0 Å². The summed E-state index contributed by atoms with van der Waals surface area (Å²) in [5, 5.41) is 3.35. The molecule has 1 aromatic carbocycles. The van der Waals surface area contributed by atoms with Crippen molar-refractivity contribution in [2.45, 2.75) is 45.4 Å². The maximum atomic E-state index is 13.7. The lowest BCUT2D eigenvalue weighted by molar-refractivity contribution is -0.141. The van der Waals surface area contributed by atoms with Gasteiger partial charge in [-0.05, 0) is 62.9 Å². The van der Waals surface area contributed by atoms with Crippen molar-refractivity contribution in [2.24, 2.45) is 0 Å². The first-order valence-electron chi connectivity index (χ1n) is 12.1. The number of aryl methyl sites for hydroxylation is 1. The Hall–Kier alpha value is -3.52. The molecule has 1 aliphatic heterocycles. The number of hydrogen-bond donors (Lipinski definition) is 1. The van der Waals surface area contributed by atoms with E-state index in [1.807, 2.05) is 51.1 Å². The summed E-state index contributed by atoms with van der Waals surface area (Å²) in [6, 6.07) is 9.40. The van der Waals surface area contributed by atoms with Crippen molar-refractivity contribution < 1.29 is 33.0 Å². The molecule has 0 radical (unpaired) electrons. The highest BCUT2D eigenvalue weighted by Crippen LogP contribution is 2.46. The van der Waals surface area contributed by atoms with Gasteiger partial charge < -0.3 is 28.7 Å². The van der Waals surface area contributed by atoms with Crippen LogP contribution in [0.15, 0.2) is 57.3 Å². The Kier molecular flexibility index (Phi) is 7.84. The summed E-state index contributed by atoms with van der Waals surface area (Å²) in [5.41, 5.74) is 3.38.